The van der Waals surface area contributed by atoms with Crippen LogP contribution in [0.3, 0.4) is 0 Å². The van der Waals surface area contributed by atoms with Crippen molar-refractivity contribution in [1.82, 2.24) is 19.8 Å². The Kier molecular flexibility index (Phi) is 7.04. The highest BCUT2D eigenvalue weighted by molar-refractivity contribution is 5.83. The van der Waals surface area contributed by atoms with Crippen LogP contribution in [0, 0.1) is 0 Å². The standard InChI is InChI=1S/C21H32N4O3/c1-5-15(2)25-13-11-24(12-14-25)10-9-18(28-4)20-22-19-16(21(26)23-20)7-6-8-17(19)27-3/h6-8,15,18H,5,9-14H2,1-4H3,(H,22,23,26). The van der Waals surface area contributed by atoms with E-state index in [4.69, 9.17) is 9.47 Å². The van der Waals surface area contributed by atoms with E-state index in [9.17, 15) is 4.79 Å². The van der Waals surface area contributed by atoms with Gasteiger partial charge in [0.2, 0.25) is 0 Å². The number of piperazine rings is 1. The summed E-state index contributed by atoms with van der Waals surface area (Å²) >= 11 is 0. The molecule has 2 heterocycles. The van der Waals surface area contributed by atoms with E-state index in [0.29, 0.717) is 28.5 Å². The number of hydrogen-bond donors (Lipinski definition) is 1. The van der Waals surface area contributed by atoms with Crippen LogP contribution in [-0.4, -0.2) is 72.8 Å². The van der Waals surface area contributed by atoms with E-state index in [2.05, 4.69) is 33.6 Å². The van der Waals surface area contributed by atoms with E-state index >= 15 is 0 Å². The molecule has 0 aliphatic carbocycles. The average Bonchev–Trinajstić information content (AvgIpc) is 2.73. The average molecular weight is 389 g/mol. The van der Waals surface area contributed by atoms with Crippen molar-refractivity contribution in [2.24, 2.45) is 0 Å². The van der Waals surface area contributed by atoms with Crippen LogP contribution in [0.4, 0.5) is 0 Å². The van der Waals surface area contributed by atoms with Gasteiger partial charge in [-0.3, -0.25) is 9.69 Å². The van der Waals surface area contributed by atoms with Crippen LogP contribution in [0.1, 0.15) is 38.6 Å². The molecule has 7 heteroatoms. The zero-order chi connectivity index (χ0) is 20.1. The van der Waals surface area contributed by atoms with Gasteiger partial charge in [0, 0.05) is 45.9 Å². The number of aromatic amines is 1. The lowest BCUT2D eigenvalue weighted by Gasteiger charge is -2.38. The minimum absolute atomic E-state index is 0.164. The monoisotopic (exact) mass is 388 g/mol. The first-order chi connectivity index (χ1) is 13.6. The Bertz CT molecular complexity index is 830. The first kappa shape index (κ1) is 20.8. The van der Waals surface area contributed by atoms with Gasteiger partial charge in [-0.25, -0.2) is 4.98 Å². The molecule has 0 bridgehead atoms. The summed E-state index contributed by atoms with van der Waals surface area (Å²) in [6, 6.07) is 6.02. The molecule has 7 nitrogen and oxygen atoms in total. The lowest BCUT2D eigenvalue weighted by molar-refractivity contribution is 0.0579. The maximum Gasteiger partial charge on any atom is 0.258 e. The highest BCUT2D eigenvalue weighted by Crippen LogP contribution is 2.24. The fourth-order valence-electron chi connectivity index (χ4n) is 3.82. The smallest absolute Gasteiger partial charge is 0.258 e. The third-order valence-corrected chi connectivity index (χ3v) is 5.86. The zero-order valence-corrected chi connectivity index (χ0v) is 17.4. The summed E-state index contributed by atoms with van der Waals surface area (Å²) in [5.74, 6) is 1.16. The Hall–Kier alpha value is -1.96. The van der Waals surface area contributed by atoms with Gasteiger partial charge in [0.15, 0.2) is 0 Å². The molecule has 0 saturated carbocycles. The molecule has 28 heavy (non-hydrogen) atoms. The summed E-state index contributed by atoms with van der Waals surface area (Å²) in [5, 5.41) is 0.527. The number of rotatable bonds is 8. The number of nitrogens with zero attached hydrogens (tertiary/aromatic N) is 3. The van der Waals surface area contributed by atoms with Gasteiger partial charge < -0.3 is 19.4 Å². The van der Waals surface area contributed by atoms with E-state index in [1.54, 1.807) is 26.4 Å². The van der Waals surface area contributed by atoms with Crippen molar-refractivity contribution in [3.8, 4) is 5.75 Å². The largest absolute Gasteiger partial charge is 0.494 e. The molecular weight excluding hydrogens is 356 g/mol. The van der Waals surface area contributed by atoms with Crippen molar-refractivity contribution in [2.75, 3.05) is 46.9 Å². The molecule has 1 saturated heterocycles. The SMILES string of the molecule is CCC(C)N1CCN(CCC(OC)c2nc3c(OC)cccc3c(=O)[nH]2)CC1. The predicted molar refractivity (Wildman–Crippen MR) is 111 cm³/mol. The minimum Gasteiger partial charge on any atom is -0.494 e. The van der Waals surface area contributed by atoms with Gasteiger partial charge >= 0.3 is 0 Å². The summed E-state index contributed by atoms with van der Waals surface area (Å²) in [5.41, 5.74) is 0.413. The molecule has 0 radical (unpaired) electrons. The third-order valence-electron chi connectivity index (χ3n) is 5.86. The fraction of sp³-hybridized carbons (Fsp3) is 0.619. The second-order valence-corrected chi connectivity index (χ2v) is 7.46. The van der Waals surface area contributed by atoms with Crippen LogP contribution in [-0.2, 0) is 4.74 Å². The molecule has 1 aromatic heterocycles. The van der Waals surface area contributed by atoms with E-state index in [1.165, 1.54) is 6.42 Å². The third kappa shape index (κ3) is 4.54. The molecule has 154 valence electrons. The Labute approximate surface area is 166 Å². The summed E-state index contributed by atoms with van der Waals surface area (Å²) in [6.45, 7) is 9.80. The topological polar surface area (TPSA) is 70.7 Å². The van der Waals surface area contributed by atoms with Crippen LogP contribution in [0.15, 0.2) is 23.0 Å². The van der Waals surface area contributed by atoms with Gasteiger partial charge in [0.05, 0.1) is 12.5 Å². The second-order valence-electron chi connectivity index (χ2n) is 7.46. The van der Waals surface area contributed by atoms with Crippen molar-refractivity contribution >= 4 is 10.9 Å². The highest BCUT2D eigenvalue weighted by atomic mass is 16.5. The number of benzene rings is 1. The molecule has 2 aromatic rings. The number of nitrogens with one attached hydrogen (secondary N) is 1. The van der Waals surface area contributed by atoms with Gasteiger partial charge in [-0.2, -0.15) is 0 Å². The van der Waals surface area contributed by atoms with E-state index in [1.807, 2.05) is 6.07 Å². The molecule has 1 aliphatic rings. The van der Waals surface area contributed by atoms with Crippen LogP contribution in [0.2, 0.25) is 0 Å². The van der Waals surface area contributed by atoms with Crippen molar-refractivity contribution in [2.45, 2.75) is 38.8 Å². The summed E-state index contributed by atoms with van der Waals surface area (Å²) in [7, 11) is 3.25. The number of methoxy groups -OCH3 is 2. The molecule has 1 aromatic carbocycles. The Morgan fingerprint density at radius 2 is 1.96 bits per heavy atom. The Balaban J connectivity index is 1.68. The zero-order valence-electron chi connectivity index (χ0n) is 17.4. The Morgan fingerprint density at radius 3 is 2.61 bits per heavy atom. The van der Waals surface area contributed by atoms with Crippen LogP contribution >= 0.6 is 0 Å². The highest BCUT2D eigenvalue weighted by Gasteiger charge is 2.22. The number of ether oxygens (including phenoxy) is 2. The van der Waals surface area contributed by atoms with Gasteiger partial charge in [0.1, 0.15) is 23.2 Å². The number of hydrogen-bond acceptors (Lipinski definition) is 6. The summed E-state index contributed by atoms with van der Waals surface area (Å²) < 4.78 is 11.0. The van der Waals surface area contributed by atoms with E-state index < -0.39 is 0 Å². The van der Waals surface area contributed by atoms with Gasteiger partial charge in [-0.05, 0) is 31.9 Å². The van der Waals surface area contributed by atoms with Crippen molar-refractivity contribution in [3.63, 3.8) is 0 Å². The van der Waals surface area contributed by atoms with E-state index in [-0.39, 0.29) is 11.7 Å². The minimum atomic E-state index is -0.255. The number of aromatic nitrogens is 2. The molecular formula is C21H32N4O3. The number of para-hydroxylation sites is 1. The van der Waals surface area contributed by atoms with Gasteiger partial charge in [-0.1, -0.05) is 13.0 Å². The molecule has 1 fully saturated rings. The van der Waals surface area contributed by atoms with Crippen LogP contribution in [0.25, 0.3) is 10.9 Å². The molecule has 1 N–H and O–H groups in total. The maximum atomic E-state index is 12.5. The maximum absolute atomic E-state index is 12.5. The quantitative estimate of drug-likeness (QED) is 0.749. The van der Waals surface area contributed by atoms with E-state index in [0.717, 1.165) is 39.1 Å². The first-order valence-corrected chi connectivity index (χ1v) is 10.1. The van der Waals surface area contributed by atoms with Crippen molar-refractivity contribution in [1.29, 1.82) is 0 Å². The van der Waals surface area contributed by atoms with Crippen LogP contribution in [0.5, 0.6) is 5.75 Å². The van der Waals surface area contributed by atoms with Gasteiger partial charge in [-0.15, -0.1) is 0 Å². The molecule has 2 atom stereocenters. The molecule has 3 rings (SSSR count). The number of fused-ring (bicyclic) bond motifs is 1. The lowest BCUT2D eigenvalue weighted by Crippen LogP contribution is -2.49. The Morgan fingerprint density at radius 1 is 1.21 bits per heavy atom. The second kappa shape index (κ2) is 9.49. The molecule has 0 amide bonds. The number of H-pyrrole nitrogens is 1. The molecule has 1 aliphatic heterocycles. The normalized spacial score (nSPS) is 18.3. The lowest BCUT2D eigenvalue weighted by atomic mass is 10.1. The van der Waals surface area contributed by atoms with Crippen molar-refractivity contribution in [3.05, 3.63) is 34.4 Å². The van der Waals surface area contributed by atoms with Crippen LogP contribution < -0.4 is 10.3 Å². The van der Waals surface area contributed by atoms with Gasteiger partial charge in [0.25, 0.3) is 5.56 Å². The fourth-order valence-corrected chi connectivity index (χ4v) is 3.82. The first-order valence-electron chi connectivity index (χ1n) is 10.1. The summed E-state index contributed by atoms with van der Waals surface area (Å²) in [4.78, 5) is 25.1. The predicted octanol–water partition coefficient (Wildman–Crippen LogP) is 2.43. The van der Waals surface area contributed by atoms with Crippen molar-refractivity contribution < 1.29 is 9.47 Å². The summed E-state index contributed by atoms with van der Waals surface area (Å²) in [6.07, 6.45) is 1.72. The molecule has 0 spiro atoms. The molecule has 2 unspecified atom stereocenters.